The molecule has 0 saturated heterocycles. The lowest BCUT2D eigenvalue weighted by Gasteiger charge is -2.40. The lowest BCUT2D eigenvalue weighted by atomic mass is 10.0. The predicted octanol–water partition coefficient (Wildman–Crippen LogP) is 3.44. The van der Waals surface area contributed by atoms with Gasteiger partial charge in [-0.05, 0) is 30.2 Å². The number of imidazole rings is 1. The molecule has 0 spiro atoms. The fourth-order valence-corrected chi connectivity index (χ4v) is 3.51. The van der Waals surface area contributed by atoms with Gasteiger partial charge in [-0.3, -0.25) is 14.9 Å². The van der Waals surface area contributed by atoms with Gasteiger partial charge in [0.25, 0.3) is 5.91 Å². The largest absolute Gasteiger partial charge is 0.364 e. The van der Waals surface area contributed by atoms with Gasteiger partial charge in [0, 0.05) is 18.7 Å². The molecule has 2 aromatic carbocycles. The summed E-state index contributed by atoms with van der Waals surface area (Å²) in [6, 6.07) is 15.1. The van der Waals surface area contributed by atoms with E-state index in [9.17, 15) is 9.59 Å². The zero-order valence-corrected chi connectivity index (χ0v) is 15.9. The summed E-state index contributed by atoms with van der Waals surface area (Å²) < 4.78 is 0. The average Bonchev–Trinajstić information content (AvgIpc) is 3.09. The third-order valence-electron chi connectivity index (χ3n) is 4.92. The fraction of sp³-hybridized carbons (Fsp3) is 0.286. The van der Waals surface area contributed by atoms with E-state index in [-0.39, 0.29) is 30.3 Å². The first kappa shape index (κ1) is 18.0. The summed E-state index contributed by atoms with van der Waals surface area (Å²) in [7, 11) is 0. The summed E-state index contributed by atoms with van der Waals surface area (Å²) in [4.78, 5) is 34.6. The Morgan fingerprint density at radius 3 is 2.71 bits per heavy atom. The number of hydrogen-bond donors (Lipinski definition) is 3. The van der Waals surface area contributed by atoms with Gasteiger partial charge in [0.2, 0.25) is 11.9 Å². The molecule has 1 unspecified atom stereocenters. The standard InChI is InChI=1S/C21H23N5O2/c1-13(2)19-22-15-8-4-3-7-14(15)20(28)26(19)12-11-18(27)25-21-23-16-9-5-6-10-17(16)24-21/h3-10,13,19,22H,11-12H2,1-2H3,(H2,23,24,25,27). The van der Waals surface area contributed by atoms with E-state index in [1.807, 2.05) is 48.5 Å². The van der Waals surface area contributed by atoms with Crippen LogP contribution < -0.4 is 10.6 Å². The number of carbonyl (C=O) groups is 2. The van der Waals surface area contributed by atoms with Crippen molar-refractivity contribution < 1.29 is 9.59 Å². The van der Waals surface area contributed by atoms with Crippen molar-refractivity contribution in [1.29, 1.82) is 0 Å². The van der Waals surface area contributed by atoms with Crippen LogP contribution in [0.3, 0.4) is 0 Å². The molecule has 0 bridgehead atoms. The maximum atomic E-state index is 13.0. The van der Waals surface area contributed by atoms with Gasteiger partial charge in [0.1, 0.15) is 6.17 Å². The number of hydrogen-bond acceptors (Lipinski definition) is 4. The molecule has 144 valence electrons. The lowest BCUT2D eigenvalue weighted by molar-refractivity contribution is -0.116. The molecule has 0 aliphatic carbocycles. The van der Waals surface area contributed by atoms with Crippen molar-refractivity contribution in [1.82, 2.24) is 14.9 Å². The van der Waals surface area contributed by atoms with E-state index in [0.29, 0.717) is 18.1 Å². The van der Waals surface area contributed by atoms with E-state index in [2.05, 4.69) is 34.4 Å². The van der Waals surface area contributed by atoms with Gasteiger partial charge in [-0.2, -0.15) is 0 Å². The Balaban J connectivity index is 1.45. The molecular weight excluding hydrogens is 354 g/mol. The monoisotopic (exact) mass is 377 g/mol. The van der Waals surface area contributed by atoms with Crippen LogP contribution in [0.1, 0.15) is 30.6 Å². The second-order valence-electron chi connectivity index (χ2n) is 7.28. The molecule has 1 aliphatic heterocycles. The third kappa shape index (κ3) is 3.43. The molecule has 7 nitrogen and oxygen atoms in total. The highest BCUT2D eigenvalue weighted by atomic mass is 16.2. The van der Waals surface area contributed by atoms with Gasteiger partial charge >= 0.3 is 0 Å². The molecule has 0 fully saturated rings. The summed E-state index contributed by atoms with van der Waals surface area (Å²) >= 11 is 0. The van der Waals surface area contributed by atoms with Gasteiger partial charge in [-0.1, -0.05) is 38.1 Å². The van der Waals surface area contributed by atoms with Crippen LogP contribution in [0.5, 0.6) is 0 Å². The molecule has 1 aliphatic rings. The number of carbonyl (C=O) groups excluding carboxylic acids is 2. The van der Waals surface area contributed by atoms with E-state index < -0.39 is 0 Å². The fourth-order valence-electron chi connectivity index (χ4n) is 3.51. The van der Waals surface area contributed by atoms with Crippen molar-refractivity contribution in [3.8, 4) is 0 Å². The number of anilines is 2. The van der Waals surface area contributed by atoms with Crippen LogP contribution in [0.25, 0.3) is 11.0 Å². The molecule has 1 atom stereocenters. The minimum absolute atomic E-state index is 0.0513. The number of benzene rings is 2. The van der Waals surface area contributed by atoms with Crippen LogP contribution in [0.15, 0.2) is 48.5 Å². The van der Waals surface area contributed by atoms with Crippen molar-refractivity contribution >= 4 is 34.5 Å². The summed E-state index contributed by atoms with van der Waals surface area (Å²) in [5.74, 6) is 0.383. The van der Waals surface area contributed by atoms with E-state index in [1.165, 1.54) is 0 Å². The zero-order valence-electron chi connectivity index (χ0n) is 15.9. The second-order valence-corrected chi connectivity index (χ2v) is 7.28. The first-order valence-electron chi connectivity index (χ1n) is 9.44. The molecule has 7 heteroatoms. The zero-order chi connectivity index (χ0) is 19.7. The molecule has 0 radical (unpaired) electrons. The highest BCUT2D eigenvalue weighted by molar-refractivity contribution is 6.02. The number of fused-ring (bicyclic) bond motifs is 2. The van der Waals surface area contributed by atoms with Crippen LogP contribution in [0.4, 0.5) is 11.6 Å². The summed E-state index contributed by atoms with van der Waals surface area (Å²) in [5, 5.41) is 6.21. The molecule has 4 rings (SSSR count). The minimum atomic E-state index is -0.187. The Labute approximate surface area is 163 Å². The normalized spacial score (nSPS) is 16.2. The summed E-state index contributed by atoms with van der Waals surface area (Å²) in [5.41, 5.74) is 3.14. The first-order chi connectivity index (χ1) is 13.5. The smallest absolute Gasteiger partial charge is 0.257 e. The highest BCUT2D eigenvalue weighted by Crippen LogP contribution is 2.28. The van der Waals surface area contributed by atoms with Crippen LogP contribution in [0, 0.1) is 5.92 Å². The topological polar surface area (TPSA) is 90.1 Å². The van der Waals surface area contributed by atoms with Crippen LogP contribution in [-0.2, 0) is 4.79 Å². The van der Waals surface area contributed by atoms with E-state index in [1.54, 1.807) is 4.90 Å². The Morgan fingerprint density at radius 1 is 1.18 bits per heavy atom. The number of nitrogens with one attached hydrogen (secondary N) is 3. The molecule has 0 saturated carbocycles. The van der Waals surface area contributed by atoms with Crippen molar-refractivity contribution in [2.24, 2.45) is 5.92 Å². The summed E-state index contributed by atoms with van der Waals surface area (Å²) in [6.45, 7) is 4.44. The van der Waals surface area contributed by atoms with E-state index >= 15 is 0 Å². The molecule has 28 heavy (non-hydrogen) atoms. The Morgan fingerprint density at radius 2 is 1.93 bits per heavy atom. The number of nitrogens with zero attached hydrogens (tertiary/aromatic N) is 2. The number of aromatic amines is 1. The number of amides is 2. The van der Waals surface area contributed by atoms with Gasteiger partial charge < -0.3 is 15.2 Å². The number of rotatable bonds is 5. The number of aromatic nitrogens is 2. The average molecular weight is 377 g/mol. The molecule has 3 aromatic rings. The maximum absolute atomic E-state index is 13.0. The Kier molecular flexibility index (Phi) is 4.73. The molecule has 1 aromatic heterocycles. The number of para-hydroxylation sites is 3. The quantitative estimate of drug-likeness (QED) is 0.635. The molecule has 3 N–H and O–H groups in total. The van der Waals surface area contributed by atoms with Crippen LogP contribution >= 0.6 is 0 Å². The first-order valence-corrected chi connectivity index (χ1v) is 9.44. The van der Waals surface area contributed by atoms with E-state index in [4.69, 9.17) is 0 Å². The van der Waals surface area contributed by atoms with Gasteiger partial charge in [-0.15, -0.1) is 0 Å². The lowest BCUT2D eigenvalue weighted by Crippen LogP contribution is -2.52. The van der Waals surface area contributed by atoms with Crippen molar-refractivity contribution in [3.63, 3.8) is 0 Å². The third-order valence-corrected chi connectivity index (χ3v) is 4.92. The van der Waals surface area contributed by atoms with Crippen LogP contribution in [0.2, 0.25) is 0 Å². The SMILES string of the molecule is CC(C)C1Nc2ccccc2C(=O)N1CCC(=O)Nc1nc2ccccc2[nH]1. The predicted molar refractivity (Wildman–Crippen MR) is 109 cm³/mol. The number of H-pyrrole nitrogens is 1. The van der Waals surface area contributed by atoms with Crippen molar-refractivity contribution in [2.45, 2.75) is 26.4 Å². The van der Waals surface area contributed by atoms with Gasteiger partial charge in [0.15, 0.2) is 0 Å². The molecule has 2 amide bonds. The van der Waals surface area contributed by atoms with Gasteiger partial charge in [0.05, 0.1) is 16.6 Å². The van der Waals surface area contributed by atoms with Crippen molar-refractivity contribution in [2.75, 3.05) is 17.2 Å². The summed E-state index contributed by atoms with van der Waals surface area (Å²) in [6.07, 6.45) is 0.0388. The molecular formula is C21H23N5O2. The van der Waals surface area contributed by atoms with Gasteiger partial charge in [-0.25, -0.2) is 4.98 Å². The van der Waals surface area contributed by atoms with Crippen LogP contribution in [-0.4, -0.2) is 39.4 Å². The van der Waals surface area contributed by atoms with Crippen molar-refractivity contribution in [3.05, 3.63) is 54.1 Å². The highest BCUT2D eigenvalue weighted by Gasteiger charge is 2.33. The van der Waals surface area contributed by atoms with E-state index in [0.717, 1.165) is 16.7 Å². The second kappa shape index (κ2) is 7.34. The minimum Gasteiger partial charge on any atom is -0.364 e. The maximum Gasteiger partial charge on any atom is 0.257 e. The Bertz CT molecular complexity index is 993. The molecule has 2 heterocycles. The Hall–Kier alpha value is -3.35.